The summed E-state index contributed by atoms with van der Waals surface area (Å²) >= 11 is 0. The van der Waals surface area contributed by atoms with Gasteiger partial charge < -0.3 is 9.64 Å². The van der Waals surface area contributed by atoms with Gasteiger partial charge in [0, 0.05) is 12.7 Å². The first kappa shape index (κ1) is 15.0. The van der Waals surface area contributed by atoms with Crippen LogP contribution in [0.3, 0.4) is 0 Å². The quantitative estimate of drug-likeness (QED) is 0.838. The largest absolute Gasteiger partial charge is 0.495 e. The van der Waals surface area contributed by atoms with Crippen LogP contribution in [-0.2, 0) is 0 Å². The summed E-state index contributed by atoms with van der Waals surface area (Å²) in [6, 6.07) is 2.11. The number of methoxy groups -OCH3 is 1. The highest BCUT2D eigenvalue weighted by molar-refractivity contribution is 5.68. The van der Waals surface area contributed by atoms with Crippen LogP contribution in [0.2, 0.25) is 0 Å². The zero-order chi connectivity index (χ0) is 14.4. The summed E-state index contributed by atoms with van der Waals surface area (Å²) in [5.41, 5.74) is 2.67. The molecule has 0 aromatic carbocycles. The summed E-state index contributed by atoms with van der Waals surface area (Å²) < 4.78 is 5.32. The Morgan fingerprint density at radius 1 is 1.25 bits per heavy atom. The van der Waals surface area contributed by atoms with Gasteiger partial charge in [-0.15, -0.1) is 0 Å². The standard InChI is InChI=1S/C17H26N2O/c1-19(2)13-14-8-6-4-5-7-9-17(14)15-10-16(20-3)12-18-11-15/h9-12,14H,4-8,13H2,1-3H3/b17-9+. The van der Waals surface area contributed by atoms with Gasteiger partial charge in [-0.1, -0.05) is 18.9 Å². The lowest BCUT2D eigenvalue weighted by atomic mass is 9.85. The highest BCUT2D eigenvalue weighted by Crippen LogP contribution is 2.32. The minimum atomic E-state index is 0.596. The van der Waals surface area contributed by atoms with Crippen molar-refractivity contribution in [1.82, 2.24) is 9.88 Å². The minimum Gasteiger partial charge on any atom is -0.495 e. The lowest BCUT2D eigenvalue weighted by Crippen LogP contribution is -2.23. The highest BCUT2D eigenvalue weighted by atomic mass is 16.5. The third-order valence-electron chi connectivity index (χ3n) is 3.93. The molecule has 1 aromatic heterocycles. The van der Waals surface area contributed by atoms with Crippen LogP contribution in [-0.4, -0.2) is 37.6 Å². The smallest absolute Gasteiger partial charge is 0.137 e. The SMILES string of the molecule is COc1cncc(/C2=C/CCCCCC2CN(C)C)c1. The molecule has 0 saturated heterocycles. The maximum atomic E-state index is 5.32. The number of allylic oxidation sites excluding steroid dienone is 1. The molecular formula is C17H26N2O. The van der Waals surface area contributed by atoms with Crippen LogP contribution in [0.1, 0.15) is 37.7 Å². The third-order valence-corrected chi connectivity index (χ3v) is 3.93. The number of hydrogen-bond donors (Lipinski definition) is 0. The second-order valence-corrected chi connectivity index (χ2v) is 5.87. The van der Waals surface area contributed by atoms with Gasteiger partial charge in [-0.25, -0.2) is 0 Å². The molecule has 3 heteroatoms. The molecular weight excluding hydrogens is 248 g/mol. The van der Waals surface area contributed by atoms with Crippen molar-refractivity contribution in [3.05, 3.63) is 30.1 Å². The van der Waals surface area contributed by atoms with E-state index in [2.05, 4.69) is 36.1 Å². The van der Waals surface area contributed by atoms with Crippen LogP contribution < -0.4 is 4.74 Å². The first-order chi connectivity index (χ1) is 9.70. The van der Waals surface area contributed by atoms with E-state index in [1.807, 2.05) is 6.20 Å². The number of aromatic nitrogens is 1. The molecule has 0 N–H and O–H groups in total. The average Bonchev–Trinajstić information content (AvgIpc) is 2.42. The van der Waals surface area contributed by atoms with E-state index < -0.39 is 0 Å². The fourth-order valence-electron chi connectivity index (χ4n) is 2.96. The second kappa shape index (κ2) is 7.44. The van der Waals surface area contributed by atoms with E-state index in [9.17, 15) is 0 Å². The molecule has 0 fully saturated rings. The molecule has 2 rings (SSSR count). The molecule has 0 amide bonds. The Morgan fingerprint density at radius 2 is 2.10 bits per heavy atom. The van der Waals surface area contributed by atoms with Crippen LogP contribution in [0.25, 0.3) is 5.57 Å². The van der Waals surface area contributed by atoms with Gasteiger partial charge in [0.25, 0.3) is 0 Å². The minimum absolute atomic E-state index is 0.596. The van der Waals surface area contributed by atoms with Crippen molar-refractivity contribution in [2.75, 3.05) is 27.7 Å². The summed E-state index contributed by atoms with van der Waals surface area (Å²) in [4.78, 5) is 6.60. The van der Waals surface area contributed by atoms with Crippen LogP contribution in [0.4, 0.5) is 0 Å². The van der Waals surface area contributed by atoms with E-state index >= 15 is 0 Å². The van der Waals surface area contributed by atoms with Crippen molar-refractivity contribution in [1.29, 1.82) is 0 Å². The molecule has 110 valence electrons. The first-order valence-corrected chi connectivity index (χ1v) is 7.55. The van der Waals surface area contributed by atoms with Crippen molar-refractivity contribution in [2.24, 2.45) is 5.92 Å². The lowest BCUT2D eigenvalue weighted by molar-refractivity contribution is 0.346. The van der Waals surface area contributed by atoms with E-state index in [4.69, 9.17) is 4.74 Å². The monoisotopic (exact) mass is 274 g/mol. The molecule has 20 heavy (non-hydrogen) atoms. The Bertz CT molecular complexity index is 454. The Labute approximate surface area is 122 Å². The van der Waals surface area contributed by atoms with Crippen molar-refractivity contribution in [2.45, 2.75) is 32.1 Å². The summed E-state index contributed by atoms with van der Waals surface area (Å²) in [6.45, 7) is 1.10. The fourth-order valence-corrected chi connectivity index (χ4v) is 2.96. The number of pyridine rings is 1. The molecule has 1 unspecified atom stereocenters. The predicted molar refractivity (Wildman–Crippen MR) is 83.9 cm³/mol. The zero-order valence-corrected chi connectivity index (χ0v) is 12.9. The Hall–Kier alpha value is -1.35. The molecule has 1 aliphatic rings. The summed E-state index contributed by atoms with van der Waals surface area (Å²) in [7, 11) is 6.00. The van der Waals surface area contributed by atoms with Crippen molar-refractivity contribution < 1.29 is 4.74 Å². The summed E-state index contributed by atoms with van der Waals surface area (Å²) in [6.07, 6.45) is 12.6. The van der Waals surface area contributed by atoms with Gasteiger partial charge in [0.1, 0.15) is 5.75 Å². The molecule has 1 aliphatic carbocycles. The van der Waals surface area contributed by atoms with E-state index in [0.29, 0.717) is 5.92 Å². The van der Waals surface area contributed by atoms with Gasteiger partial charge >= 0.3 is 0 Å². The molecule has 0 saturated carbocycles. The molecule has 1 heterocycles. The number of ether oxygens (including phenoxy) is 1. The molecule has 3 nitrogen and oxygen atoms in total. The molecule has 1 aromatic rings. The number of nitrogens with zero attached hydrogens (tertiary/aromatic N) is 2. The molecule has 0 radical (unpaired) electrons. The molecule has 0 aliphatic heterocycles. The summed E-state index contributed by atoms with van der Waals surface area (Å²) in [5, 5.41) is 0. The maximum Gasteiger partial charge on any atom is 0.137 e. The van der Waals surface area contributed by atoms with Gasteiger partial charge in [0.15, 0.2) is 0 Å². The fraction of sp³-hybridized carbons (Fsp3) is 0.588. The topological polar surface area (TPSA) is 25.4 Å². The third kappa shape index (κ3) is 4.07. The predicted octanol–water partition coefficient (Wildman–Crippen LogP) is 3.62. The van der Waals surface area contributed by atoms with E-state index in [1.54, 1.807) is 13.3 Å². The van der Waals surface area contributed by atoms with E-state index in [1.165, 1.54) is 43.2 Å². The number of rotatable bonds is 4. The van der Waals surface area contributed by atoms with Crippen molar-refractivity contribution in [3.8, 4) is 5.75 Å². The molecule has 0 spiro atoms. The Balaban J connectivity index is 2.29. The average molecular weight is 274 g/mol. The molecule has 0 bridgehead atoms. The second-order valence-electron chi connectivity index (χ2n) is 5.87. The Kier molecular flexibility index (Phi) is 5.60. The Morgan fingerprint density at radius 3 is 2.85 bits per heavy atom. The van der Waals surface area contributed by atoms with Crippen LogP contribution >= 0.6 is 0 Å². The lowest BCUT2D eigenvalue weighted by Gasteiger charge is -2.26. The van der Waals surface area contributed by atoms with E-state index in [0.717, 1.165) is 12.3 Å². The van der Waals surface area contributed by atoms with Crippen molar-refractivity contribution in [3.63, 3.8) is 0 Å². The summed E-state index contributed by atoms with van der Waals surface area (Å²) in [5.74, 6) is 1.44. The van der Waals surface area contributed by atoms with Gasteiger partial charge in [-0.05, 0) is 56.5 Å². The normalized spacial score (nSPS) is 22.8. The maximum absolute atomic E-state index is 5.32. The highest BCUT2D eigenvalue weighted by Gasteiger charge is 2.19. The van der Waals surface area contributed by atoms with Gasteiger partial charge in [-0.2, -0.15) is 0 Å². The van der Waals surface area contributed by atoms with Gasteiger partial charge in [-0.3, -0.25) is 4.98 Å². The van der Waals surface area contributed by atoms with Crippen LogP contribution in [0, 0.1) is 5.92 Å². The van der Waals surface area contributed by atoms with Crippen LogP contribution in [0.5, 0.6) is 5.75 Å². The molecule has 1 atom stereocenters. The van der Waals surface area contributed by atoms with E-state index in [-0.39, 0.29) is 0 Å². The van der Waals surface area contributed by atoms with Crippen LogP contribution in [0.15, 0.2) is 24.5 Å². The zero-order valence-electron chi connectivity index (χ0n) is 12.9. The van der Waals surface area contributed by atoms with Gasteiger partial charge in [0.05, 0.1) is 13.3 Å². The number of hydrogen-bond acceptors (Lipinski definition) is 3. The van der Waals surface area contributed by atoms with Crippen molar-refractivity contribution >= 4 is 5.57 Å². The first-order valence-electron chi connectivity index (χ1n) is 7.55. The van der Waals surface area contributed by atoms with Gasteiger partial charge in [0.2, 0.25) is 0 Å².